The smallest absolute Gasteiger partial charge is 0.187 e. The number of aliphatic hydroxyl groups is 6. The van der Waals surface area contributed by atoms with Gasteiger partial charge in [0.25, 0.3) is 0 Å². The van der Waals surface area contributed by atoms with E-state index < -0.39 is 73.8 Å². The third-order valence-corrected chi connectivity index (χ3v) is 15.6. The van der Waals surface area contributed by atoms with Gasteiger partial charge < -0.3 is 59.1 Å². The first kappa shape index (κ1) is 37.2. The molecule has 21 atom stereocenters. The largest absolute Gasteiger partial charge is 0.394 e. The molecule has 290 valence electrons. The van der Waals surface area contributed by atoms with Crippen molar-refractivity contribution in [3.63, 3.8) is 0 Å². The summed E-state index contributed by atoms with van der Waals surface area (Å²) in [5.41, 5.74) is 1.70. The Hall–Kier alpha value is -0.740. The van der Waals surface area contributed by atoms with Crippen molar-refractivity contribution in [3.05, 3.63) is 11.6 Å². The van der Waals surface area contributed by atoms with E-state index in [4.69, 9.17) is 28.4 Å². The highest BCUT2D eigenvalue weighted by Gasteiger charge is 2.68. The molecular formula is C39H62O12. The maximum absolute atomic E-state index is 11.1. The average Bonchev–Trinajstić information content (AvgIpc) is 3.56. The zero-order valence-electron chi connectivity index (χ0n) is 30.9. The van der Waals surface area contributed by atoms with Gasteiger partial charge >= 0.3 is 0 Å². The van der Waals surface area contributed by atoms with Gasteiger partial charge in [-0.15, -0.1) is 0 Å². The van der Waals surface area contributed by atoms with Gasteiger partial charge in [-0.05, 0) is 98.7 Å². The summed E-state index contributed by atoms with van der Waals surface area (Å²) in [5.74, 6) is 2.92. The van der Waals surface area contributed by atoms with Crippen LogP contribution in [0.2, 0.25) is 0 Å². The zero-order chi connectivity index (χ0) is 36.2. The summed E-state index contributed by atoms with van der Waals surface area (Å²) in [7, 11) is 0. The number of ether oxygens (including phenoxy) is 6. The first-order chi connectivity index (χ1) is 24.2. The molecule has 4 aliphatic carbocycles. The van der Waals surface area contributed by atoms with Gasteiger partial charge in [0, 0.05) is 12.3 Å². The molecule has 8 rings (SSSR count). The molecule has 6 N–H and O–H groups in total. The Balaban J connectivity index is 0.964. The molecule has 4 saturated heterocycles. The van der Waals surface area contributed by atoms with Crippen molar-refractivity contribution >= 4 is 0 Å². The lowest BCUT2D eigenvalue weighted by Crippen LogP contribution is -2.64. The van der Waals surface area contributed by atoms with Crippen molar-refractivity contribution in [3.8, 4) is 0 Å². The van der Waals surface area contributed by atoms with E-state index in [1.165, 1.54) is 31.8 Å². The van der Waals surface area contributed by atoms with Crippen LogP contribution in [0.5, 0.6) is 0 Å². The lowest BCUT2D eigenvalue weighted by molar-refractivity contribution is -0.369. The van der Waals surface area contributed by atoms with Crippen LogP contribution in [0.15, 0.2) is 11.6 Å². The number of hydrogen-bond donors (Lipinski definition) is 6. The third-order valence-electron chi connectivity index (χ3n) is 15.6. The molecule has 4 aliphatic heterocycles. The van der Waals surface area contributed by atoms with E-state index >= 15 is 0 Å². The van der Waals surface area contributed by atoms with Crippen LogP contribution in [-0.2, 0) is 28.4 Å². The topological polar surface area (TPSA) is 177 Å². The van der Waals surface area contributed by atoms with Gasteiger partial charge in [0.2, 0.25) is 0 Å². The summed E-state index contributed by atoms with van der Waals surface area (Å²) >= 11 is 0. The first-order valence-corrected chi connectivity index (χ1v) is 19.8. The molecule has 7 fully saturated rings. The normalized spacial score (nSPS) is 58.4. The quantitative estimate of drug-likeness (QED) is 0.229. The minimum atomic E-state index is -1.61. The van der Waals surface area contributed by atoms with E-state index in [-0.39, 0.29) is 23.0 Å². The second-order valence-corrected chi connectivity index (χ2v) is 18.3. The fourth-order valence-corrected chi connectivity index (χ4v) is 12.5. The molecule has 8 aliphatic rings. The summed E-state index contributed by atoms with van der Waals surface area (Å²) in [5, 5.41) is 62.9. The molecule has 4 heterocycles. The number of fused-ring (bicyclic) bond motifs is 7. The molecule has 51 heavy (non-hydrogen) atoms. The highest BCUT2D eigenvalue weighted by Crippen LogP contribution is 2.70. The third kappa shape index (κ3) is 5.84. The van der Waals surface area contributed by atoms with Crippen molar-refractivity contribution in [2.45, 2.75) is 172 Å². The molecule has 12 nitrogen and oxygen atoms in total. The number of hydrogen-bond acceptors (Lipinski definition) is 12. The van der Waals surface area contributed by atoms with E-state index in [1.54, 1.807) is 0 Å². The molecule has 0 amide bonds. The fraction of sp³-hybridized carbons (Fsp3) is 0.949. The number of allylic oxidation sites excluding steroid dienone is 1. The molecule has 0 aromatic rings. The standard InChI is InChI=1S/C39H62O12/c1-18-8-13-39(46-17-18)19(2)28-26(51-39)15-25-23-7-6-21-14-22(9-11-37(21,4)24(23)10-12-38(25,28)5)48-36-34(32(44)30(42)27(16-40)49-36)50-35-33(45)31(43)29(41)20(3)47-35/h6,18-20,22-36,40-45H,7-17H2,1-5H3/t18?,19-,20-,22?,23+,24-,25-,26-,27+,28-,29-,30-,31+,32-,33+,34+,35-,36+,37-,38-,39+/m0/s1. The maximum Gasteiger partial charge on any atom is 0.187 e. The monoisotopic (exact) mass is 722 g/mol. The zero-order valence-corrected chi connectivity index (χ0v) is 30.9. The van der Waals surface area contributed by atoms with Crippen LogP contribution in [-0.4, -0.2) is 123 Å². The van der Waals surface area contributed by atoms with Crippen molar-refractivity contribution in [1.29, 1.82) is 0 Å². The fourth-order valence-electron chi connectivity index (χ4n) is 12.5. The Labute approximate surface area is 301 Å². The Bertz CT molecular complexity index is 1300. The molecule has 0 radical (unpaired) electrons. The van der Waals surface area contributed by atoms with Crippen LogP contribution in [0.4, 0.5) is 0 Å². The van der Waals surface area contributed by atoms with E-state index in [0.717, 1.165) is 38.7 Å². The van der Waals surface area contributed by atoms with E-state index in [9.17, 15) is 30.6 Å². The Morgan fingerprint density at radius 1 is 0.824 bits per heavy atom. The Morgan fingerprint density at radius 2 is 1.61 bits per heavy atom. The molecule has 12 heteroatoms. The molecule has 2 unspecified atom stereocenters. The van der Waals surface area contributed by atoms with Gasteiger partial charge in [-0.1, -0.05) is 39.3 Å². The lowest BCUT2D eigenvalue weighted by atomic mass is 9.47. The molecular weight excluding hydrogens is 660 g/mol. The summed E-state index contributed by atoms with van der Waals surface area (Å²) in [6.07, 6.45) is -1.68. The van der Waals surface area contributed by atoms with Crippen molar-refractivity contribution in [2.24, 2.45) is 46.3 Å². The number of aliphatic hydroxyl groups excluding tert-OH is 6. The average molecular weight is 723 g/mol. The Morgan fingerprint density at radius 3 is 2.33 bits per heavy atom. The van der Waals surface area contributed by atoms with E-state index in [1.807, 2.05) is 0 Å². The van der Waals surface area contributed by atoms with Gasteiger partial charge in [-0.25, -0.2) is 0 Å². The molecule has 0 aromatic carbocycles. The first-order valence-electron chi connectivity index (χ1n) is 19.8. The summed E-state index contributed by atoms with van der Waals surface area (Å²) in [6.45, 7) is 11.5. The van der Waals surface area contributed by atoms with Crippen LogP contribution in [0.1, 0.15) is 92.4 Å². The molecule has 0 bridgehead atoms. The maximum atomic E-state index is 11.1. The molecule has 3 saturated carbocycles. The van der Waals surface area contributed by atoms with Crippen LogP contribution in [0.3, 0.4) is 0 Å². The molecule has 1 spiro atoms. The SMILES string of the molecule is CC1CC[C@@]2(OC1)O[C@H]1C[C@H]3[C@@H]4CC=C5CC(O[C@@H]6O[C@H](CO)[C@H](O)[C@H](O)[C@H]6O[C@@H]6O[C@@H](C)[C@H](O)[C@@H](O)[C@H]6O)CC[C@]5(C)[C@H]4CC[C@]3(C)[C@H]1[C@@H]2C. The van der Waals surface area contributed by atoms with Crippen LogP contribution in [0.25, 0.3) is 0 Å². The van der Waals surface area contributed by atoms with Crippen LogP contribution < -0.4 is 0 Å². The minimum Gasteiger partial charge on any atom is -0.394 e. The van der Waals surface area contributed by atoms with Crippen molar-refractivity contribution < 1.29 is 59.1 Å². The lowest BCUT2D eigenvalue weighted by Gasteiger charge is -2.58. The highest BCUT2D eigenvalue weighted by molar-refractivity contribution is 5.26. The Kier molecular flexibility index (Phi) is 9.83. The van der Waals surface area contributed by atoms with Gasteiger partial charge in [-0.2, -0.15) is 0 Å². The predicted molar refractivity (Wildman–Crippen MR) is 182 cm³/mol. The van der Waals surface area contributed by atoms with E-state index in [2.05, 4.69) is 33.8 Å². The second-order valence-electron chi connectivity index (χ2n) is 18.3. The highest BCUT2D eigenvalue weighted by atomic mass is 16.8. The second kappa shape index (κ2) is 13.5. The number of rotatable bonds is 5. The minimum absolute atomic E-state index is 0.0535. The van der Waals surface area contributed by atoms with Crippen LogP contribution in [0, 0.1) is 46.3 Å². The predicted octanol–water partition coefficient (Wildman–Crippen LogP) is 2.39. The van der Waals surface area contributed by atoms with Gasteiger partial charge in [0.05, 0.1) is 31.5 Å². The van der Waals surface area contributed by atoms with Crippen LogP contribution >= 0.6 is 0 Å². The van der Waals surface area contributed by atoms with Crippen molar-refractivity contribution in [2.75, 3.05) is 13.2 Å². The summed E-state index contributed by atoms with van der Waals surface area (Å²) in [6, 6.07) is 0. The summed E-state index contributed by atoms with van der Waals surface area (Å²) in [4.78, 5) is 0. The van der Waals surface area contributed by atoms with Gasteiger partial charge in [0.15, 0.2) is 18.4 Å². The van der Waals surface area contributed by atoms with E-state index in [0.29, 0.717) is 41.9 Å². The van der Waals surface area contributed by atoms with Crippen molar-refractivity contribution in [1.82, 2.24) is 0 Å². The summed E-state index contributed by atoms with van der Waals surface area (Å²) < 4.78 is 37.6. The van der Waals surface area contributed by atoms with Gasteiger partial charge in [0.1, 0.15) is 42.7 Å². The van der Waals surface area contributed by atoms with Gasteiger partial charge in [-0.3, -0.25) is 0 Å². The molecule has 0 aromatic heterocycles.